The lowest BCUT2D eigenvalue weighted by Gasteiger charge is -2.33. The minimum Gasteiger partial charge on any atom is -0.345 e. The minimum atomic E-state index is 0.446. The van der Waals surface area contributed by atoms with E-state index in [0.29, 0.717) is 6.17 Å². The normalized spacial score (nSPS) is 24.8. The van der Waals surface area contributed by atoms with Crippen LogP contribution in [0.5, 0.6) is 0 Å². The van der Waals surface area contributed by atoms with E-state index in [1.165, 1.54) is 0 Å². The first kappa shape index (κ1) is 9.93. The van der Waals surface area contributed by atoms with Gasteiger partial charge in [0, 0.05) is 19.6 Å². The van der Waals surface area contributed by atoms with Crippen LogP contribution in [0.3, 0.4) is 0 Å². The number of aliphatic imine (C=N–C) groups is 1. The molecule has 0 saturated carbocycles. The van der Waals surface area contributed by atoms with Crippen LogP contribution in [0.2, 0.25) is 0 Å². The Morgan fingerprint density at radius 2 is 2.50 bits per heavy atom. The monoisotopic (exact) mass is 195 g/mol. The van der Waals surface area contributed by atoms with Crippen molar-refractivity contribution in [3.05, 3.63) is 6.42 Å². The fourth-order valence-electron chi connectivity index (χ4n) is 2.05. The Kier molecular flexibility index (Phi) is 3.37. The van der Waals surface area contributed by atoms with Crippen molar-refractivity contribution in [2.24, 2.45) is 4.99 Å². The Morgan fingerprint density at radius 3 is 3.07 bits per heavy atom. The van der Waals surface area contributed by atoms with E-state index in [9.17, 15) is 0 Å². The summed E-state index contributed by atoms with van der Waals surface area (Å²) in [7, 11) is 0. The molecule has 0 aromatic carbocycles. The van der Waals surface area contributed by atoms with Gasteiger partial charge in [0.05, 0.1) is 25.7 Å². The van der Waals surface area contributed by atoms with Crippen molar-refractivity contribution in [3.63, 3.8) is 0 Å². The molecule has 14 heavy (non-hydrogen) atoms. The fourth-order valence-corrected chi connectivity index (χ4v) is 2.05. The second kappa shape index (κ2) is 4.75. The van der Waals surface area contributed by atoms with Gasteiger partial charge in [-0.3, -0.25) is 9.89 Å². The van der Waals surface area contributed by atoms with Gasteiger partial charge in [0.1, 0.15) is 0 Å². The number of hydrogen-bond donors (Lipinski definition) is 1. The summed E-state index contributed by atoms with van der Waals surface area (Å²) < 4.78 is 0. The quantitative estimate of drug-likeness (QED) is 0.692. The topological polar surface area (TPSA) is 30.9 Å². The second-order valence-corrected chi connectivity index (χ2v) is 3.79. The van der Waals surface area contributed by atoms with Gasteiger partial charge in [0.15, 0.2) is 0 Å². The van der Waals surface area contributed by atoms with Crippen LogP contribution in [0.25, 0.3) is 0 Å². The molecule has 2 heterocycles. The van der Waals surface area contributed by atoms with Crippen LogP contribution in [0.1, 0.15) is 13.3 Å². The molecule has 1 N–H and O–H groups in total. The van der Waals surface area contributed by atoms with Gasteiger partial charge < -0.3 is 10.2 Å². The van der Waals surface area contributed by atoms with Gasteiger partial charge in [-0.2, -0.15) is 0 Å². The van der Waals surface area contributed by atoms with Crippen LogP contribution in [0.15, 0.2) is 4.99 Å². The highest BCUT2D eigenvalue weighted by Crippen LogP contribution is 2.13. The zero-order valence-electron chi connectivity index (χ0n) is 8.82. The maximum atomic E-state index is 4.27. The largest absolute Gasteiger partial charge is 0.345 e. The highest BCUT2D eigenvalue weighted by Gasteiger charge is 2.26. The maximum absolute atomic E-state index is 4.27. The smallest absolute Gasteiger partial charge is 0.0872 e. The molecule has 2 aliphatic rings. The van der Waals surface area contributed by atoms with E-state index in [-0.39, 0.29) is 0 Å². The first-order chi connectivity index (χ1) is 6.92. The third-order valence-corrected chi connectivity index (χ3v) is 2.77. The lowest BCUT2D eigenvalue weighted by molar-refractivity contribution is 0.151. The highest BCUT2D eigenvalue weighted by molar-refractivity contribution is 5.57. The highest BCUT2D eigenvalue weighted by atomic mass is 15.4. The SMILES string of the molecule is CC[CH]C(N1C=NCC1)N1CCNC1. The minimum absolute atomic E-state index is 0.446. The standard InChI is InChI=1S/C10H19N4/c1-2-3-10(13-6-4-11-8-13)14-7-5-12-9-14/h3,8,10,12H,2,4-7,9H2,1H3. The molecule has 0 aromatic heterocycles. The zero-order chi connectivity index (χ0) is 9.80. The molecule has 0 aliphatic carbocycles. The number of nitrogens with one attached hydrogen (secondary N) is 1. The fraction of sp³-hybridized carbons (Fsp3) is 0.800. The van der Waals surface area contributed by atoms with E-state index >= 15 is 0 Å². The van der Waals surface area contributed by atoms with Crippen molar-refractivity contribution in [1.82, 2.24) is 15.1 Å². The van der Waals surface area contributed by atoms with Crippen LogP contribution in [-0.2, 0) is 0 Å². The van der Waals surface area contributed by atoms with Crippen molar-refractivity contribution in [2.45, 2.75) is 19.5 Å². The van der Waals surface area contributed by atoms with E-state index in [0.717, 1.165) is 39.3 Å². The van der Waals surface area contributed by atoms with E-state index < -0.39 is 0 Å². The number of hydrogen-bond acceptors (Lipinski definition) is 4. The molecule has 1 atom stereocenters. The molecule has 2 rings (SSSR count). The summed E-state index contributed by atoms with van der Waals surface area (Å²) in [6.45, 7) is 7.48. The van der Waals surface area contributed by atoms with Crippen molar-refractivity contribution in [3.8, 4) is 0 Å². The second-order valence-electron chi connectivity index (χ2n) is 3.79. The molecule has 0 aromatic rings. The summed E-state index contributed by atoms with van der Waals surface area (Å²) in [6, 6.07) is 0. The van der Waals surface area contributed by atoms with E-state index in [4.69, 9.17) is 0 Å². The van der Waals surface area contributed by atoms with Crippen LogP contribution in [-0.4, -0.2) is 55.2 Å². The molecule has 4 heteroatoms. The van der Waals surface area contributed by atoms with E-state index in [2.05, 4.69) is 33.5 Å². The van der Waals surface area contributed by atoms with Gasteiger partial charge in [0.25, 0.3) is 0 Å². The van der Waals surface area contributed by atoms with E-state index in [1.807, 2.05) is 6.34 Å². The molecule has 1 saturated heterocycles. The van der Waals surface area contributed by atoms with Gasteiger partial charge in [0.2, 0.25) is 0 Å². The summed E-state index contributed by atoms with van der Waals surface area (Å²) in [6.07, 6.45) is 5.92. The Morgan fingerprint density at radius 1 is 1.57 bits per heavy atom. The lowest BCUT2D eigenvalue weighted by Crippen LogP contribution is -2.46. The molecule has 1 fully saturated rings. The Bertz CT molecular complexity index is 198. The molecule has 0 spiro atoms. The summed E-state index contributed by atoms with van der Waals surface area (Å²) in [5, 5.41) is 3.37. The van der Waals surface area contributed by atoms with Crippen LogP contribution < -0.4 is 5.32 Å². The summed E-state index contributed by atoms with van der Waals surface area (Å²) >= 11 is 0. The van der Waals surface area contributed by atoms with Crippen LogP contribution >= 0.6 is 0 Å². The van der Waals surface area contributed by atoms with Crippen molar-refractivity contribution in [1.29, 1.82) is 0 Å². The molecule has 79 valence electrons. The van der Waals surface area contributed by atoms with Gasteiger partial charge in [-0.25, -0.2) is 0 Å². The average Bonchev–Trinajstić information content (AvgIpc) is 2.87. The van der Waals surface area contributed by atoms with Gasteiger partial charge in [-0.1, -0.05) is 6.92 Å². The summed E-state index contributed by atoms with van der Waals surface area (Å²) in [4.78, 5) is 9.06. The van der Waals surface area contributed by atoms with Crippen molar-refractivity contribution < 1.29 is 0 Å². The summed E-state index contributed by atoms with van der Waals surface area (Å²) in [5.41, 5.74) is 0. The Hall–Kier alpha value is -0.610. The van der Waals surface area contributed by atoms with E-state index in [1.54, 1.807) is 0 Å². The molecular formula is C10H19N4. The van der Waals surface area contributed by atoms with Gasteiger partial charge in [-0.15, -0.1) is 0 Å². The molecule has 0 amide bonds. The predicted molar refractivity (Wildman–Crippen MR) is 58.0 cm³/mol. The number of rotatable bonds is 4. The maximum Gasteiger partial charge on any atom is 0.0872 e. The van der Waals surface area contributed by atoms with Crippen LogP contribution in [0.4, 0.5) is 0 Å². The first-order valence-electron chi connectivity index (χ1n) is 5.45. The molecular weight excluding hydrogens is 176 g/mol. The molecule has 4 nitrogen and oxygen atoms in total. The lowest BCUT2D eigenvalue weighted by atomic mass is 10.2. The van der Waals surface area contributed by atoms with Gasteiger partial charge in [-0.05, 0) is 12.8 Å². The third-order valence-electron chi connectivity index (χ3n) is 2.77. The Balaban J connectivity index is 1.94. The average molecular weight is 195 g/mol. The first-order valence-corrected chi connectivity index (χ1v) is 5.45. The molecule has 1 radical (unpaired) electrons. The van der Waals surface area contributed by atoms with Gasteiger partial charge >= 0.3 is 0 Å². The molecule has 0 bridgehead atoms. The predicted octanol–water partition coefficient (Wildman–Crippen LogP) is 0.133. The van der Waals surface area contributed by atoms with Crippen LogP contribution in [0, 0.1) is 6.42 Å². The Labute approximate surface area is 86.0 Å². The third kappa shape index (κ3) is 2.07. The summed E-state index contributed by atoms with van der Waals surface area (Å²) in [5.74, 6) is 0. The zero-order valence-corrected chi connectivity index (χ0v) is 8.82. The van der Waals surface area contributed by atoms with Crippen molar-refractivity contribution in [2.75, 3.05) is 32.8 Å². The van der Waals surface area contributed by atoms with Crippen molar-refractivity contribution >= 4 is 6.34 Å². The molecule has 2 aliphatic heterocycles. The number of nitrogens with zero attached hydrogens (tertiary/aromatic N) is 3. The molecule has 1 unspecified atom stereocenters.